The maximum Gasteiger partial charge on any atom is 0.319 e. The molecule has 2 aromatic rings. The highest BCUT2D eigenvalue weighted by atomic mass is 32.2. The van der Waals surface area contributed by atoms with E-state index in [-0.39, 0.29) is 5.82 Å². The van der Waals surface area contributed by atoms with Crippen molar-refractivity contribution in [3.8, 4) is 11.1 Å². The second kappa shape index (κ2) is 6.31. The van der Waals surface area contributed by atoms with E-state index in [1.165, 1.54) is 17.8 Å². The molecule has 0 radical (unpaired) electrons. The van der Waals surface area contributed by atoms with Crippen LogP contribution in [0.15, 0.2) is 48.5 Å². The van der Waals surface area contributed by atoms with Crippen molar-refractivity contribution in [3.63, 3.8) is 0 Å². The molecule has 2 aromatic carbocycles. The van der Waals surface area contributed by atoms with Crippen LogP contribution < -0.4 is 0 Å². The molecule has 0 saturated carbocycles. The van der Waals surface area contributed by atoms with Gasteiger partial charge in [-0.25, -0.2) is 4.39 Å². The van der Waals surface area contributed by atoms with Gasteiger partial charge in [0.25, 0.3) is 0 Å². The van der Waals surface area contributed by atoms with Gasteiger partial charge in [0.2, 0.25) is 0 Å². The van der Waals surface area contributed by atoms with Gasteiger partial charge >= 0.3 is 5.97 Å². The molecule has 2 rings (SSSR count). The third kappa shape index (κ3) is 3.85. The highest BCUT2D eigenvalue weighted by Crippen LogP contribution is 2.29. The van der Waals surface area contributed by atoms with Crippen molar-refractivity contribution < 1.29 is 14.3 Å². The normalized spacial score (nSPS) is 11.4. The lowest BCUT2D eigenvalue weighted by Crippen LogP contribution is -2.27. The van der Waals surface area contributed by atoms with Crippen LogP contribution in [0.25, 0.3) is 11.1 Å². The number of carbonyl (C=O) groups is 1. The molecule has 0 saturated heterocycles. The van der Waals surface area contributed by atoms with Crippen LogP contribution in [0.5, 0.6) is 0 Å². The van der Waals surface area contributed by atoms with E-state index in [0.717, 1.165) is 11.1 Å². The zero-order valence-corrected chi connectivity index (χ0v) is 12.8. The van der Waals surface area contributed by atoms with Crippen LogP contribution in [0.2, 0.25) is 0 Å². The monoisotopic (exact) mass is 304 g/mol. The zero-order chi connectivity index (χ0) is 15.5. The number of benzene rings is 2. The third-order valence-electron chi connectivity index (χ3n) is 3.25. The maximum atomic E-state index is 13.7. The summed E-state index contributed by atoms with van der Waals surface area (Å²) in [5, 5.41) is 9.08. The lowest BCUT2D eigenvalue weighted by molar-refractivity contribution is -0.138. The molecule has 0 aromatic heterocycles. The number of carboxylic acid groups (broad SMARTS) is 1. The summed E-state index contributed by atoms with van der Waals surface area (Å²) >= 11 is 1.37. The summed E-state index contributed by atoms with van der Waals surface area (Å²) in [5.41, 5.74) is 2.41. The fourth-order valence-electron chi connectivity index (χ4n) is 1.80. The fraction of sp³-hybridized carbons (Fsp3) is 0.235. The van der Waals surface area contributed by atoms with Gasteiger partial charge in [0.1, 0.15) is 10.6 Å². The Kier molecular flexibility index (Phi) is 4.68. The molecule has 110 valence electrons. The van der Waals surface area contributed by atoms with Crippen LogP contribution in [0.3, 0.4) is 0 Å². The molecule has 2 nitrogen and oxygen atoms in total. The number of halogens is 1. The Balaban J connectivity index is 2.10. The van der Waals surface area contributed by atoms with Crippen molar-refractivity contribution in [2.45, 2.75) is 24.3 Å². The molecular formula is C17H17FO2S. The van der Waals surface area contributed by atoms with E-state index in [4.69, 9.17) is 5.11 Å². The number of thioether (sulfide) groups is 1. The van der Waals surface area contributed by atoms with Crippen LogP contribution in [-0.2, 0) is 10.5 Å². The van der Waals surface area contributed by atoms with E-state index in [1.54, 1.807) is 32.0 Å². The topological polar surface area (TPSA) is 37.3 Å². The standard InChI is InChI=1S/C17H17FO2S/c1-17(2,16(19)20)21-11-12-7-9-13(10-8-12)14-5-3-4-6-15(14)18/h3-10H,11H2,1-2H3,(H,19,20). The van der Waals surface area contributed by atoms with Crippen molar-refractivity contribution in [2.75, 3.05) is 0 Å². The average Bonchev–Trinajstić information content (AvgIpc) is 2.46. The summed E-state index contributed by atoms with van der Waals surface area (Å²) in [5.74, 6) is -0.460. The smallest absolute Gasteiger partial charge is 0.319 e. The number of aliphatic carboxylic acids is 1. The first-order chi connectivity index (χ1) is 9.90. The molecule has 1 N–H and O–H groups in total. The van der Waals surface area contributed by atoms with Crippen molar-refractivity contribution in [3.05, 3.63) is 59.9 Å². The van der Waals surface area contributed by atoms with Crippen molar-refractivity contribution in [1.82, 2.24) is 0 Å². The van der Waals surface area contributed by atoms with E-state index in [0.29, 0.717) is 11.3 Å². The summed E-state index contributed by atoms with van der Waals surface area (Å²) in [6.45, 7) is 3.38. The van der Waals surface area contributed by atoms with Crippen molar-refractivity contribution >= 4 is 17.7 Å². The highest BCUT2D eigenvalue weighted by molar-refractivity contribution is 8.00. The zero-order valence-electron chi connectivity index (χ0n) is 12.0. The molecule has 0 spiro atoms. The Morgan fingerprint density at radius 3 is 2.33 bits per heavy atom. The van der Waals surface area contributed by atoms with Gasteiger partial charge in [-0.05, 0) is 31.0 Å². The first-order valence-electron chi connectivity index (χ1n) is 6.61. The second-order valence-electron chi connectivity index (χ2n) is 5.28. The first-order valence-corrected chi connectivity index (χ1v) is 7.60. The Morgan fingerprint density at radius 1 is 1.14 bits per heavy atom. The van der Waals surface area contributed by atoms with Gasteiger partial charge in [-0.2, -0.15) is 0 Å². The molecule has 0 aliphatic carbocycles. The molecule has 4 heteroatoms. The van der Waals surface area contributed by atoms with E-state index in [9.17, 15) is 9.18 Å². The van der Waals surface area contributed by atoms with Crippen molar-refractivity contribution in [2.24, 2.45) is 0 Å². The van der Waals surface area contributed by atoms with Crippen LogP contribution >= 0.6 is 11.8 Å². The molecule has 0 bridgehead atoms. The minimum atomic E-state index is -0.824. The van der Waals surface area contributed by atoms with Crippen LogP contribution in [0.4, 0.5) is 4.39 Å². The molecule has 0 heterocycles. The predicted molar refractivity (Wildman–Crippen MR) is 84.8 cm³/mol. The molecule has 0 fully saturated rings. The predicted octanol–water partition coefficient (Wildman–Crippen LogP) is 4.59. The summed E-state index contributed by atoms with van der Waals surface area (Å²) in [6.07, 6.45) is 0. The fourth-order valence-corrected chi connectivity index (χ4v) is 2.64. The van der Waals surface area contributed by atoms with Crippen LogP contribution in [0, 0.1) is 5.82 Å². The Morgan fingerprint density at radius 2 is 1.76 bits per heavy atom. The number of rotatable bonds is 5. The molecule has 0 atom stereocenters. The summed E-state index contributed by atoms with van der Waals surface area (Å²) in [7, 11) is 0. The maximum absolute atomic E-state index is 13.7. The Labute approximate surface area is 128 Å². The Bertz CT molecular complexity index is 635. The van der Waals surface area contributed by atoms with E-state index in [2.05, 4.69) is 0 Å². The Hall–Kier alpha value is -1.81. The van der Waals surface area contributed by atoms with Gasteiger partial charge in [0.15, 0.2) is 0 Å². The summed E-state index contributed by atoms with van der Waals surface area (Å²) in [4.78, 5) is 11.1. The second-order valence-corrected chi connectivity index (χ2v) is 6.88. The van der Waals surface area contributed by atoms with Gasteiger partial charge in [0, 0.05) is 11.3 Å². The number of hydrogen-bond acceptors (Lipinski definition) is 2. The number of hydrogen-bond donors (Lipinski definition) is 1. The van der Waals surface area contributed by atoms with Gasteiger partial charge in [0.05, 0.1) is 0 Å². The van der Waals surface area contributed by atoms with Gasteiger partial charge in [-0.3, -0.25) is 4.79 Å². The average molecular weight is 304 g/mol. The van der Waals surface area contributed by atoms with E-state index >= 15 is 0 Å². The lowest BCUT2D eigenvalue weighted by Gasteiger charge is -2.18. The summed E-state index contributed by atoms with van der Waals surface area (Å²) < 4.78 is 12.9. The third-order valence-corrected chi connectivity index (χ3v) is 4.63. The molecule has 0 aliphatic heterocycles. The SMILES string of the molecule is CC(C)(SCc1ccc(-c2ccccc2F)cc1)C(=O)O. The van der Waals surface area contributed by atoms with Crippen LogP contribution in [0.1, 0.15) is 19.4 Å². The minimum Gasteiger partial charge on any atom is -0.480 e. The van der Waals surface area contributed by atoms with Crippen molar-refractivity contribution in [1.29, 1.82) is 0 Å². The quantitative estimate of drug-likeness (QED) is 0.878. The first kappa shape index (κ1) is 15.6. The van der Waals surface area contributed by atoms with E-state index < -0.39 is 10.7 Å². The minimum absolute atomic E-state index is 0.244. The van der Waals surface area contributed by atoms with Gasteiger partial charge < -0.3 is 5.11 Å². The highest BCUT2D eigenvalue weighted by Gasteiger charge is 2.27. The molecule has 0 amide bonds. The van der Waals surface area contributed by atoms with Gasteiger partial charge in [-0.1, -0.05) is 42.5 Å². The molecule has 21 heavy (non-hydrogen) atoms. The van der Waals surface area contributed by atoms with Gasteiger partial charge in [-0.15, -0.1) is 11.8 Å². The molecule has 0 aliphatic rings. The molecular weight excluding hydrogens is 287 g/mol. The molecule has 0 unspecified atom stereocenters. The largest absolute Gasteiger partial charge is 0.480 e. The number of carboxylic acids is 1. The van der Waals surface area contributed by atoms with E-state index in [1.807, 2.05) is 24.3 Å². The lowest BCUT2D eigenvalue weighted by atomic mass is 10.0. The van der Waals surface area contributed by atoms with Crippen LogP contribution in [-0.4, -0.2) is 15.8 Å². The summed E-state index contributed by atoms with van der Waals surface area (Å²) in [6, 6.07) is 14.2.